The fraction of sp³-hybridized carbons (Fsp3) is 0.333. The third-order valence-electron chi connectivity index (χ3n) is 2.11. The second kappa shape index (κ2) is 6.03. The van der Waals surface area contributed by atoms with E-state index in [1.54, 1.807) is 23.2 Å². The molecule has 0 fully saturated rings. The number of hydrogen-bond acceptors (Lipinski definition) is 6. The molecule has 0 bridgehead atoms. The highest BCUT2D eigenvalue weighted by molar-refractivity contribution is 5.63. The first-order valence-electron chi connectivity index (χ1n) is 5.64. The first-order valence-corrected chi connectivity index (χ1v) is 5.64. The van der Waals surface area contributed by atoms with Crippen LogP contribution in [0, 0.1) is 0 Å². The number of alkyl halides is 1. The summed E-state index contributed by atoms with van der Waals surface area (Å²) >= 11 is 0. The number of rotatable bonds is 6. The Hall–Kier alpha value is -2.31. The molecule has 6 nitrogen and oxygen atoms in total. The molecule has 19 heavy (non-hydrogen) atoms. The third kappa shape index (κ3) is 3.57. The number of oxazole rings is 2. The first-order chi connectivity index (χ1) is 9.19. The molecule has 2 rings (SSSR count). The predicted molar refractivity (Wildman–Crippen MR) is 67.7 cm³/mol. The van der Waals surface area contributed by atoms with Gasteiger partial charge in [0.25, 0.3) is 11.9 Å². The van der Waals surface area contributed by atoms with Crippen LogP contribution in [0.1, 0.15) is 11.7 Å². The number of ether oxygens (including phenoxy) is 1. The summed E-state index contributed by atoms with van der Waals surface area (Å²) in [5.74, 6) is 1.17. The lowest BCUT2D eigenvalue weighted by Gasteiger charge is -2.03. The van der Waals surface area contributed by atoms with E-state index >= 15 is 0 Å². The summed E-state index contributed by atoms with van der Waals surface area (Å²) in [5.41, 5.74) is 0. The van der Waals surface area contributed by atoms with Crippen molar-refractivity contribution < 1.29 is 18.0 Å². The maximum absolute atomic E-state index is 11.9. The quantitative estimate of drug-likeness (QED) is 0.799. The van der Waals surface area contributed by atoms with Crippen LogP contribution in [0.5, 0.6) is 5.88 Å². The van der Waals surface area contributed by atoms with Crippen LogP contribution in [0.3, 0.4) is 0 Å². The summed E-state index contributed by atoms with van der Waals surface area (Å²) in [6, 6.07) is 0.513. The summed E-state index contributed by atoms with van der Waals surface area (Å²) in [6.07, 6.45) is 6.20. The van der Waals surface area contributed by atoms with Crippen molar-refractivity contribution in [3.63, 3.8) is 0 Å². The first kappa shape index (κ1) is 13.1. The van der Waals surface area contributed by atoms with Crippen molar-refractivity contribution in [1.29, 1.82) is 0 Å². The molecule has 2 aromatic heterocycles. The van der Waals surface area contributed by atoms with Crippen LogP contribution in [-0.4, -0.2) is 37.3 Å². The summed E-state index contributed by atoms with van der Waals surface area (Å²) in [5, 5.41) is 0. The minimum absolute atomic E-state index is 0.0377. The average molecular weight is 267 g/mol. The molecule has 0 aliphatic rings. The summed E-state index contributed by atoms with van der Waals surface area (Å²) in [6.45, 7) is -0.604. The monoisotopic (exact) mass is 267 g/mol. The van der Waals surface area contributed by atoms with Gasteiger partial charge in [0.05, 0.1) is 6.20 Å². The van der Waals surface area contributed by atoms with E-state index in [0.717, 1.165) is 0 Å². The summed E-state index contributed by atoms with van der Waals surface area (Å²) in [7, 11) is 3.67. The Balaban J connectivity index is 1.99. The molecule has 0 atom stereocenters. The molecule has 2 heterocycles. The third-order valence-corrected chi connectivity index (χ3v) is 2.11. The largest absolute Gasteiger partial charge is 0.473 e. The van der Waals surface area contributed by atoms with E-state index in [2.05, 4.69) is 9.97 Å². The van der Waals surface area contributed by atoms with E-state index in [4.69, 9.17) is 13.6 Å². The van der Waals surface area contributed by atoms with Gasteiger partial charge in [-0.05, 0) is 6.08 Å². The minimum atomic E-state index is -0.566. The second-order valence-corrected chi connectivity index (χ2v) is 3.83. The van der Waals surface area contributed by atoms with Gasteiger partial charge in [0, 0.05) is 20.2 Å². The molecule has 0 amide bonds. The molecule has 0 unspecified atom stereocenters. The molecule has 102 valence electrons. The van der Waals surface area contributed by atoms with Crippen molar-refractivity contribution in [2.24, 2.45) is 0 Å². The number of hydrogen-bond donors (Lipinski definition) is 0. The average Bonchev–Trinajstić information content (AvgIpc) is 3.03. The molecule has 0 aliphatic carbocycles. The Morgan fingerprint density at radius 1 is 1.42 bits per heavy atom. The Bertz CT molecular complexity index is 548. The van der Waals surface area contributed by atoms with Gasteiger partial charge >= 0.3 is 0 Å². The number of nitrogens with zero attached hydrogens (tertiary/aromatic N) is 3. The van der Waals surface area contributed by atoms with Crippen molar-refractivity contribution in [3.05, 3.63) is 24.1 Å². The maximum atomic E-state index is 11.9. The molecule has 0 aliphatic heterocycles. The lowest BCUT2D eigenvalue weighted by atomic mass is 10.4. The Kier molecular flexibility index (Phi) is 4.17. The van der Waals surface area contributed by atoms with Crippen LogP contribution in [0.2, 0.25) is 0 Å². The van der Waals surface area contributed by atoms with Crippen molar-refractivity contribution in [3.8, 4) is 5.88 Å². The van der Waals surface area contributed by atoms with Gasteiger partial charge in [-0.25, -0.2) is 9.37 Å². The van der Waals surface area contributed by atoms with Crippen LogP contribution in [-0.2, 0) is 0 Å². The molecule has 0 radical (unpaired) electrons. The SMILES string of the molecule is CN(C)c1ncc(/C=C/c2nc(OCCF)co2)o1. The molecule has 0 N–H and O–H groups in total. The molecule has 2 aromatic rings. The van der Waals surface area contributed by atoms with Gasteiger partial charge in [0.1, 0.15) is 19.0 Å². The molecule has 0 spiro atoms. The van der Waals surface area contributed by atoms with Crippen LogP contribution in [0.4, 0.5) is 10.4 Å². The van der Waals surface area contributed by atoms with Gasteiger partial charge in [-0.15, -0.1) is 0 Å². The smallest absolute Gasteiger partial charge is 0.297 e. The number of aromatic nitrogens is 2. The number of anilines is 1. The zero-order chi connectivity index (χ0) is 13.7. The van der Waals surface area contributed by atoms with E-state index in [0.29, 0.717) is 17.7 Å². The highest BCUT2D eigenvalue weighted by Crippen LogP contribution is 2.16. The van der Waals surface area contributed by atoms with Gasteiger partial charge in [-0.1, -0.05) is 0 Å². The molecule has 7 heteroatoms. The topological polar surface area (TPSA) is 64.5 Å². The second-order valence-electron chi connectivity index (χ2n) is 3.83. The van der Waals surface area contributed by atoms with E-state index in [1.807, 2.05) is 14.1 Å². The molecule has 0 saturated heterocycles. The Labute approximate surface area is 109 Å². The van der Waals surface area contributed by atoms with Crippen LogP contribution >= 0.6 is 0 Å². The Morgan fingerprint density at radius 3 is 2.95 bits per heavy atom. The minimum Gasteiger partial charge on any atom is -0.473 e. The van der Waals surface area contributed by atoms with Gasteiger partial charge < -0.3 is 18.5 Å². The normalized spacial score (nSPS) is 11.1. The van der Waals surface area contributed by atoms with Gasteiger partial charge in [-0.2, -0.15) is 4.98 Å². The highest BCUT2D eigenvalue weighted by Gasteiger charge is 2.04. The lowest BCUT2D eigenvalue weighted by Crippen LogP contribution is -2.08. The van der Waals surface area contributed by atoms with Gasteiger partial charge in [0.15, 0.2) is 6.26 Å². The maximum Gasteiger partial charge on any atom is 0.297 e. The van der Waals surface area contributed by atoms with Gasteiger partial charge in [0.2, 0.25) is 5.89 Å². The van der Waals surface area contributed by atoms with Crippen molar-refractivity contribution in [2.45, 2.75) is 0 Å². The summed E-state index contributed by atoms with van der Waals surface area (Å²) in [4.78, 5) is 9.81. The standard InChI is InChI=1S/C12H14FN3O3/c1-16(2)12-14-7-9(19-12)3-4-10-15-11(8-18-10)17-6-5-13/h3-4,7-8H,5-6H2,1-2H3/b4-3+. The van der Waals surface area contributed by atoms with Crippen LogP contribution in [0.15, 0.2) is 21.3 Å². The van der Waals surface area contributed by atoms with Gasteiger partial charge in [-0.3, -0.25) is 0 Å². The van der Waals surface area contributed by atoms with Crippen LogP contribution < -0.4 is 9.64 Å². The van der Waals surface area contributed by atoms with E-state index in [-0.39, 0.29) is 12.5 Å². The molecular formula is C12H14FN3O3. The number of halogens is 1. The highest BCUT2D eigenvalue weighted by atomic mass is 19.1. The Morgan fingerprint density at radius 2 is 2.26 bits per heavy atom. The predicted octanol–water partition coefficient (Wildman–Crippen LogP) is 2.25. The fourth-order valence-corrected chi connectivity index (χ4v) is 1.27. The fourth-order valence-electron chi connectivity index (χ4n) is 1.27. The molecular weight excluding hydrogens is 253 g/mol. The van der Waals surface area contributed by atoms with Crippen molar-refractivity contribution >= 4 is 18.2 Å². The van der Waals surface area contributed by atoms with E-state index in [9.17, 15) is 4.39 Å². The zero-order valence-electron chi connectivity index (χ0n) is 10.7. The van der Waals surface area contributed by atoms with E-state index in [1.165, 1.54) is 6.26 Å². The summed E-state index contributed by atoms with van der Waals surface area (Å²) < 4.78 is 27.4. The molecule has 0 saturated carbocycles. The lowest BCUT2D eigenvalue weighted by molar-refractivity contribution is 0.264. The van der Waals surface area contributed by atoms with E-state index < -0.39 is 6.67 Å². The zero-order valence-corrected chi connectivity index (χ0v) is 10.7. The molecule has 0 aromatic carbocycles. The van der Waals surface area contributed by atoms with Crippen LogP contribution in [0.25, 0.3) is 12.2 Å². The van der Waals surface area contributed by atoms with Crippen molar-refractivity contribution in [1.82, 2.24) is 9.97 Å². The van der Waals surface area contributed by atoms with Crippen molar-refractivity contribution in [2.75, 3.05) is 32.3 Å².